The monoisotopic (exact) mass is 490 g/mol. The molecule has 0 saturated carbocycles. The van der Waals surface area contributed by atoms with Gasteiger partial charge in [-0.05, 0) is 41.8 Å². The molecule has 182 valence electrons. The molecule has 1 aliphatic heterocycles. The van der Waals surface area contributed by atoms with Crippen LogP contribution in [0.25, 0.3) is 0 Å². The number of rotatable bonds is 9. The van der Waals surface area contributed by atoms with Crippen molar-refractivity contribution in [2.75, 3.05) is 26.2 Å². The van der Waals surface area contributed by atoms with E-state index in [1.807, 2.05) is 53.9 Å². The zero-order valence-electron chi connectivity index (χ0n) is 19.6. The van der Waals surface area contributed by atoms with Crippen molar-refractivity contribution < 1.29 is 19.1 Å². The third kappa shape index (κ3) is 6.79. The van der Waals surface area contributed by atoms with E-state index < -0.39 is 0 Å². The van der Waals surface area contributed by atoms with E-state index in [0.717, 1.165) is 6.42 Å². The van der Waals surface area contributed by atoms with Gasteiger partial charge < -0.3 is 15.0 Å². The second-order valence-corrected chi connectivity index (χ2v) is 9.61. The summed E-state index contributed by atoms with van der Waals surface area (Å²) in [6.07, 6.45) is 1.84. The minimum Gasteiger partial charge on any atom is -0.455 e. The van der Waals surface area contributed by atoms with E-state index in [1.165, 1.54) is 22.5 Å². The van der Waals surface area contributed by atoms with Crippen LogP contribution < -0.4 is 5.32 Å². The van der Waals surface area contributed by atoms with Crippen LogP contribution in [0, 0.1) is 5.92 Å². The van der Waals surface area contributed by atoms with Gasteiger partial charge in [0, 0.05) is 25.6 Å². The van der Waals surface area contributed by atoms with Crippen LogP contribution >= 0.6 is 11.3 Å². The second kappa shape index (κ2) is 12.3. The Morgan fingerprint density at radius 1 is 0.914 bits per heavy atom. The number of piperidine rings is 1. The van der Waals surface area contributed by atoms with Crippen molar-refractivity contribution in [3.8, 4) is 0 Å². The number of nitrogens with one attached hydrogen (secondary N) is 1. The maximum atomic E-state index is 12.5. The smallest absolute Gasteiger partial charge is 0.309 e. The van der Waals surface area contributed by atoms with Gasteiger partial charge in [-0.25, -0.2) is 0 Å². The number of carbonyl (C=O) groups excluding carboxylic acids is 3. The predicted octanol–water partition coefficient (Wildman–Crippen LogP) is 4.48. The molecule has 2 aromatic carbocycles. The average molecular weight is 491 g/mol. The third-order valence-corrected chi connectivity index (χ3v) is 7.21. The minimum atomic E-state index is -0.366. The number of benzene rings is 2. The molecule has 6 nitrogen and oxygen atoms in total. The highest BCUT2D eigenvalue weighted by Gasteiger charge is 2.29. The lowest BCUT2D eigenvalue weighted by Crippen LogP contribution is -2.41. The number of hydrogen-bond acceptors (Lipinski definition) is 5. The third-order valence-electron chi connectivity index (χ3n) is 6.35. The molecule has 0 atom stereocenters. The first kappa shape index (κ1) is 24.7. The van der Waals surface area contributed by atoms with Crippen LogP contribution in [0.3, 0.4) is 0 Å². The highest BCUT2D eigenvalue weighted by molar-refractivity contribution is 7.12. The van der Waals surface area contributed by atoms with Crippen molar-refractivity contribution in [1.29, 1.82) is 0 Å². The normalized spacial score (nSPS) is 14.0. The van der Waals surface area contributed by atoms with E-state index >= 15 is 0 Å². The number of hydrogen-bond donors (Lipinski definition) is 1. The van der Waals surface area contributed by atoms with Crippen molar-refractivity contribution >= 4 is 29.1 Å². The molecule has 0 aliphatic carbocycles. The van der Waals surface area contributed by atoms with Gasteiger partial charge in [0.05, 0.1) is 10.8 Å². The Bertz CT molecular complexity index is 1060. The fourth-order valence-electron chi connectivity index (χ4n) is 4.43. The SMILES string of the molecule is O=C(COC(=O)C1CCN(C(=O)c2cccs2)CC1)NCCC(c1ccccc1)c1ccccc1. The Morgan fingerprint density at radius 2 is 1.54 bits per heavy atom. The van der Waals surface area contributed by atoms with Gasteiger partial charge in [-0.1, -0.05) is 66.7 Å². The highest BCUT2D eigenvalue weighted by atomic mass is 32.1. The highest BCUT2D eigenvalue weighted by Crippen LogP contribution is 2.27. The predicted molar refractivity (Wildman–Crippen MR) is 136 cm³/mol. The Balaban J connectivity index is 1.19. The molecule has 35 heavy (non-hydrogen) atoms. The van der Waals surface area contributed by atoms with E-state index in [1.54, 1.807) is 4.90 Å². The first-order valence-electron chi connectivity index (χ1n) is 12.0. The molecular weight excluding hydrogens is 460 g/mol. The first-order valence-corrected chi connectivity index (χ1v) is 12.9. The van der Waals surface area contributed by atoms with Crippen LogP contribution in [0.2, 0.25) is 0 Å². The van der Waals surface area contributed by atoms with Gasteiger partial charge in [-0.15, -0.1) is 11.3 Å². The second-order valence-electron chi connectivity index (χ2n) is 8.66. The van der Waals surface area contributed by atoms with Crippen LogP contribution in [-0.4, -0.2) is 48.9 Å². The van der Waals surface area contributed by atoms with Crippen LogP contribution in [0.4, 0.5) is 0 Å². The molecule has 1 aromatic heterocycles. The van der Waals surface area contributed by atoms with Gasteiger partial charge in [0.25, 0.3) is 11.8 Å². The Morgan fingerprint density at radius 3 is 2.11 bits per heavy atom. The molecule has 7 heteroatoms. The number of ether oxygens (including phenoxy) is 1. The Kier molecular flexibility index (Phi) is 8.68. The van der Waals surface area contributed by atoms with E-state index in [9.17, 15) is 14.4 Å². The number of esters is 1. The number of nitrogens with zero attached hydrogens (tertiary/aromatic N) is 1. The maximum absolute atomic E-state index is 12.5. The van der Waals surface area contributed by atoms with Crippen molar-refractivity contribution in [3.63, 3.8) is 0 Å². The van der Waals surface area contributed by atoms with Crippen LogP contribution in [-0.2, 0) is 14.3 Å². The fourth-order valence-corrected chi connectivity index (χ4v) is 5.12. The average Bonchev–Trinajstić information content (AvgIpc) is 3.45. The van der Waals surface area contributed by atoms with Gasteiger partial charge in [0.15, 0.2) is 6.61 Å². The number of thiophene rings is 1. The molecular formula is C28H30N2O4S. The van der Waals surface area contributed by atoms with Crippen LogP contribution in [0.1, 0.15) is 46.0 Å². The minimum absolute atomic E-state index is 0.00973. The summed E-state index contributed by atoms with van der Waals surface area (Å²) >= 11 is 1.42. The zero-order valence-corrected chi connectivity index (χ0v) is 20.4. The Hall–Kier alpha value is -3.45. The van der Waals surface area contributed by atoms with Crippen LogP contribution in [0.15, 0.2) is 78.2 Å². The summed E-state index contributed by atoms with van der Waals surface area (Å²) < 4.78 is 5.29. The fraction of sp³-hybridized carbons (Fsp3) is 0.321. The lowest BCUT2D eigenvalue weighted by Gasteiger charge is -2.30. The summed E-state index contributed by atoms with van der Waals surface area (Å²) in [5.41, 5.74) is 2.39. The van der Waals surface area contributed by atoms with Crippen molar-refractivity contribution in [1.82, 2.24) is 10.2 Å². The van der Waals surface area contributed by atoms with Gasteiger partial charge in [0.1, 0.15) is 0 Å². The van der Waals surface area contributed by atoms with Crippen molar-refractivity contribution in [2.45, 2.75) is 25.2 Å². The van der Waals surface area contributed by atoms with E-state index in [0.29, 0.717) is 37.4 Å². The summed E-state index contributed by atoms with van der Waals surface area (Å²) in [4.78, 5) is 39.7. The molecule has 1 saturated heterocycles. The first-order chi connectivity index (χ1) is 17.1. The van der Waals surface area contributed by atoms with Crippen LogP contribution in [0.5, 0.6) is 0 Å². The summed E-state index contributed by atoms with van der Waals surface area (Å²) in [5.74, 6) is -0.771. The summed E-state index contributed by atoms with van der Waals surface area (Å²) in [5, 5.41) is 4.76. The molecule has 3 aromatic rings. The molecule has 2 amide bonds. The largest absolute Gasteiger partial charge is 0.455 e. The summed E-state index contributed by atoms with van der Waals surface area (Å²) in [7, 11) is 0. The van der Waals surface area contributed by atoms with Crippen molar-refractivity contribution in [2.24, 2.45) is 5.92 Å². The van der Waals surface area contributed by atoms with Gasteiger partial charge in [-0.2, -0.15) is 0 Å². The maximum Gasteiger partial charge on any atom is 0.309 e. The molecule has 0 bridgehead atoms. The lowest BCUT2D eigenvalue weighted by molar-refractivity contribution is -0.153. The van der Waals surface area contributed by atoms with Gasteiger partial charge >= 0.3 is 5.97 Å². The topological polar surface area (TPSA) is 75.7 Å². The molecule has 1 aliphatic rings. The lowest BCUT2D eigenvalue weighted by atomic mass is 9.88. The molecule has 1 N–H and O–H groups in total. The van der Waals surface area contributed by atoms with E-state index in [2.05, 4.69) is 29.6 Å². The zero-order chi connectivity index (χ0) is 24.5. The van der Waals surface area contributed by atoms with E-state index in [-0.39, 0.29) is 36.2 Å². The number of likely N-dealkylation sites (tertiary alicyclic amines) is 1. The molecule has 4 rings (SSSR count). The van der Waals surface area contributed by atoms with Gasteiger partial charge in [0.2, 0.25) is 0 Å². The number of amides is 2. The van der Waals surface area contributed by atoms with Gasteiger partial charge in [-0.3, -0.25) is 14.4 Å². The number of carbonyl (C=O) groups is 3. The molecule has 1 fully saturated rings. The van der Waals surface area contributed by atoms with Crippen molar-refractivity contribution in [3.05, 3.63) is 94.2 Å². The summed E-state index contributed by atoms with van der Waals surface area (Å²) in [6.45, 7) is 1.23. The molecule has 0 unspecified atom stereocenters. The molecule has 0 spiro atoms. The Labute approximate surface area is 209 Å². The molecule has 0 radical (unpaired) electrons. The molecule has 2 heterocycles. The van der Waals surface area contributed by atoms with E-state index in [4.69, 9.17) is 4.74 Å². The summed E-state index contributed by atoms with van der Waals surface area (Å²) in [6, 6.07) is 24.1. The quantitative estimate of drug-likeness (QED) is 0.449. The standard InChI is InChI=1S/C28H30N2O4S/c31-26(29-16-13-24(21-8-3-1-4-9-21)22-10-5-2-6-11-22)20-34-28(33)23-14-17-30(18-15-23)27(32)25-12-7-19-35-25/h1-12,19,23-24H,13-18,20H2,(H,29,31).